The molecule has 0 spiro atoms. The van der Waals surface area contributed by atoms with Gasteiger partial charge in [0.1, 0.15) is 16.3 Å². The highest BCUT2D eigenvalue weighted by Crippen LogP contribution is 1.61. The third kappa shape index (κ3) is 11.2. The molecule has 5 heavy (non-hydrogen) atoms. The maximum atomic E-state index is 3.46. The largest absolute Gasteiger partial charge is 0.124 e. The summed E-state index contributed by atoms with van der Waals surface area (Å²) >= 11 is 2.54. The summed E-state index contributed by atoms with van der Waals surface area (Å²) in [7, 11) is 0. The van der Waals surface area contributed by atoms with Crippen LogP contribution >= 0.6 is 0 Å². The van der Waals surface area contributed by atoms with Gasteiger partial charge in [0.25, 0.3) is 0 Å². The van der Waals surface area contributed by atoms with Crippen LogP contribution in [0.2, 0.25) is 5.28 Å². The van der Waals surface area contributed by atoms with Crippen molar-refractivity contribution in [1.29, 1.82) is 0 Å². The zero-order chi connectivity index (χ0) is 3.41. The highest BCUT2D eigenvalue weighted by atomic mass is 27.0. The zero-order valence-corrected chi connectivity index (χ0v) is 5.84. The van der Waals surface area contributed by atoms with Crippen LogP contribution in [0, 0.1) is 0 Å². The molecule has 0 aliphatic heterocycles. The number of hydrogen-bond acceptors (Lipinski definition) is 0. The van der Waals surface area contributed by atoms with E-state index in [-0.39, 0.29) is 23.1 Å². The second-order valence-corrected chi connectivity index (χ2v) is 0.996. The maximum absolute atomic E-state index is 3.46. The summed E-state index contributed by atoms with van der Waals surface area (Å²) in [5.41, 5.74) is 0. The molecule has 0 bridgehead atoms. The quantitative estimate of drug-likeness (QED) is 0.324. The molecule has 0 nitrogen and oxygen atoms in total. The molecule has 0 saturated heterocycles. The van der Waals surface area contributed by atoms with Crippen LogP contribution < -0.4 is 0 Å². The minimum absolute atomic E-state index is 0. The Morgan fingerprint density at radius 3 is 2.00 bits per heavy atom. The van der Waals surface area contributed by atoms with Crippen molar-refractivity contribution < 1.29 is 0 Å². The lowest BCUT2D eigenvalue weighted by Gasteiger charge is -1.58. The van der Waals surface area contributed by atoms with Gasteiger partial charge in [0, 0.05) is 23.1 Å². The molecule has 0 unspecified atom stereocenters. The lowest BCUT2D eigenvalue weighted by Crippen LogP contribution is -1.47. The van der Waals surface area contributed by atoms with Gasteiger partial charge in [0.15, 0.2) is 0 Å². The van der Waals surface area contributed by atoms with Gasteiger partial charge >= 0.3 is 0 Å². The fraction of sp³-hybridized carbons (Fsp3) is 0.333. The molecule has 0 aliphatic rings. The topological polar surface area (TPSA) is 0 Å². The van der Waals surface area contributed by atoms with Crippen molar-refractivity contribution in [2.75, 3.05) is 0 Å². The molecule has 2 heteroatoms. The molecule has 0 aliphatic carbocycles. The second kappa shape index (κ2) is 8.90. The highest BCUT2D eigenvalue weighted by molar-refractivity contribution is 6.09. The van der Waals surface area contributed by atoms with Crippen molar-refractivity contribution in [2.45, 2.75) is 5.28 Å². The molecule has 22 valence electrons. The van der Waals surface area contributed by atoms with Crippen LogP contribution in [0.4, 0.5) is 0 Å². The molecular weight excluding hydrogens is 87.3 g/mol. The standard InChI is InChI=1S/C3H5.Al.Mg/c1-3-2;;/h3H,1-2H2;;. The predicted molar refractivity (Wildman–Crippen MR) is 26.5 cm³/mol. The number of rotatable bonds is 1. The van der Waals surface area contributed by atoms with Crippen LogP contribution in [0.1, 0.15) is 0 Å². The van der Waals surface area contributed by atoms with Crippen LogP contribution in [0.25, 0.3) is 0 Å². The first-order valence-corrected chi connectivity index (χ1v) is 2.04. The van der Waals surface area contributed by atoms with E-state index < -0.39 is 0 Å². The first-order valence-electron chi connectivity index (χ1n) is 1.22. The third-order valence-electron chi connectivity index (χ3n) is 0.167. The van der Waals surface area contributed by atoms with E-state index in [0.717, 1.165) is 5.28 Å². The minimum atomic E-state index is 0. The normalized spacial score (nSPS) is 4.80. The Morgan fingerprint density at radius 2 is 2.00 bits per heavy atom. The molecule has 0 aromatic rings. The van der Waals surface area contributed by atoms with E-state index in [1.165, 1.54) is 0 Å². The van der Waals surface area contributed by atoms with Gasteiger partial charge in [0.2, 0.25) is 0 Å². The second-order valence-electron chi connectivity index (χ2n) is 0.524. The van der Waals surface area contributed by atoms with Crippen molar-refractivity contribution in [3.8, 4) is 0 Å². The SMILES string of the molecule is C=C[CH2][Al].[Mg]. The summed E-state index contributed by atoms with van der Waals surface area (Å²) in [6.07, 6.45) is 1.84. The Morgan fingerprint density at radius 1 is 1.80 bits per heavy atom. The molecule has 0 aromatic carbocycles. The van der Waals surface area contributed by atoms with E-state index in [9.17, 15) is 0 Å². The summed E-state index contributed by atoms with van der Waals surface area (Å²) in [4.78, 5) is 0. The minimum Gasteiger partial charge on any atom is -0.107 e. The van der Waals surface area contributed by atoms with E-state index in [0.29, 0.717) is 0 Å². The molecule has 0 saturated carbocycles. The van der Waals surface area contributed by atoms with Gasteiger partial charge in [-0.2, -0.15) is 0 Å². The van der Waals surface area contributed by atoms with Gasteiger partial charge < -0.3 is 0 Å². The summed E-state index contributed by atoms with van der Waals surface area (Å²) < 4.78 is 0. The van der Waals surface area contributed by atoms with Gasteiger partial charge in [-0.15, -0.1) is 17.9 Å². The monoisotopic (exact) mass is 92.0 g/mol. The maximum Gasteiger partial charge on any atom is 0.124 e. The molecule has 4 radical (unpaired) electrons. The molecule has 0 fully saturated rings. The van der Waals surface area contributed by atoms with Crippen molar-refractivity contribution >= 4 is 39.3 Å². The Balaban J connectivity index is 0. The molecule has 0 N–H and O–H groups in total. The van der Waals surface area contributed by atoms with Crippen LogP contribution in [-0.4, -0.2) is 39.3 Å². The fourth-order valence-electron chi connectivity index (χ4n) is 0. The first kappa shape index (κ1) is 9.40. The smallest absolute Gasteiger partial charge is 0.107 e. The average molecular weight is 92.4 g/mol. The summed E-state index contributed by atoms with van der Waals surface area (Å²) in [6, 6.07) is 0. The van der Waals surface area contributed by atoms with E-state index in [1.807, 2.05) is 6.08 Å². The molecule has 0 aromatic heterocycles. The fourth-order valence-corrected chi connectivity index (χ4v) is 0. The van der Waals surface area contributed by atoms with Crippen LogP contribution in [0.15, 0.2) is 12.7 Å². The lowest BCUT2D eigenvalue weighted by molar-refractivity contribution is 1.76. The Kier molecular flexibility index (Phi) is 16.7. The molecular formula is C3H5AlMg. The average Bonchev–Trinajstić information content (AvgIpc) is 1.37. The van der Waals surface area contributed by atoms with Crippen molar-refractivity contribution in [1.82, 2.24) is 0 Å². The summed E-state index contributed by atoms with van der Waals surface area (Å²) in [6.45, 7) is 3.46. The molecule has 0 rings (SSSR count). The van der Waals surface area contributed by atoms with Crippen molar-refractivity contribution in [3.63, 3.8) is 0 Å². The van der Waals surface area contributed by atoms with Gasteiger partial charge in [-0.25, -0.2) is 0 Å². The van der Waals surface area contributed by atoms with Crippen molar-refractivity contribution in [3.05, 3.63) is 12.7 Å². The van der Waals surface area contributed by atoms with Gasteiger partial charge in [0.05, 0.1) is 0 Å². The van der Waals surface area contributed by atoms with Crippen LogP contribution in [-0.2, 0) is 0 Å². The highest BCUT2D eigenvalue weighted by Gasteiger charge is 1.46. The van der Waals surface area contributed by atoms with E-state index >= 15 is 0 Å². The summed E-state index contributed by atoms with van der Waals surface area (Å²) in [5, 5.41) is 1.00. The van der Waals surface area contributed by atoms with Crippen LogP contribution in [0.5, 0.6) is 0 Å². The van der Waals surface area contributed by atoms with Gasteiger partial charge in [-0.3, -0.25) is 0 Å². The molecule has 0 atom stereocenters. The lowest BCUT2D eigenvalue weighted by atomic mass is 10.8. The Bertz CT molecular complexity index is 20.9. The zero-order valence-electron chi connectivity index (χ0n) is 3.28. The summed E-state index contributed by atoms with van der Waals surface area (Å²) in [5.74, 6) is 0. The van der Waals surface area contributed by atoms with E-state index in [2.05, 4.69) is 22.9 Å². The Hall–Kier alpha value is 1.04. The van der Waals surface area contributed by atoms with Gasteiger partial charge in [-0.1, -0.05) is 0 Å². The van der Waals surface area contributed by atoms with E-state index in [1.54, 1.807) is 0 Å². The van der Waals surface area contributed by atoms with Crippen molar-refractivity contribution in [2.24, 2.45) is 0 Å². The molecule has 0 amide bonds. The third-order valence-corrected chi connectivity index (χ3v) is 0.500. The predicted octanol–water partition coefficient (Wildman–Crippen LogP) is 0.378. The van der Waals surface area contributed by atoms with E-state index in [4.69, 9.17) is 0 Å². The van der Waals surface area contributed by atoms with Gasteiger partial charge in [-0.05, 0) is 0 Å². The molecule has 0 heterocycles. The number of allylic oxidation sites excluding steroid dienone is 1. The first-order chi connectivity index (χ1) is 1.91. The van der Waals surface area contributed by atoms with Crippen LogP contribution in [0.3, 0.4) is 0 Å². The Labute approximate surface area is 57.2 Å². The number of hydrogen-bond donors (Lipinski definition) is 0.